The summed E-state index contributed by atoms with van der Waals surface area (Å²) in [6.07, 6.45) is -0.242. The van der Waals surface area contributed by atoms with Gasteiger partial charge in [0.2, 0.25) is 5.28 Å². The summed E-state index contributed by atoms with van der Waals surface area (Å²) in [5, 5.41) is 10.7. The van der Waals surface area contributed by atoms with Crippen LogP contribution in [-0.4, -0.2) is 52.2 Å². The van der Waals surface area contributed by atoms with Crippen LogP contribution in [-0.2, 0) is 4.74 Å². The Balaban J connectivity index is 1.93. The van der Waals surface area contributed by atoms with Crippen LogP contribution in [0.1, 0.15) is 27.2 Å². The molecule has 0 spiro atoms. The molecule has 0 aliphatic carbocycles. The molecule has 0 N–H and O–H groups in total. The zero-order chi connectivity index (χ0) is 21.3. The Kier molecular flexibility index (Phi) is 6.42. The van der Waals surface area contributed by atoms with Crippen molar-refractivity contribution >= 4 is 61.9 Å². The summed E-state index contributed by atoms with van der Waals surface area (Å²) in [7, 11) is 0. The fourth-order valence-electron chi connectivity index (χ4n) is 3.21. The van der Waals surface area contributed by atoms with Gasteiger partial charge in [0.1, 0.15) is 11.4 Å². The van der Waals surface area contributed by atoms with Crippen LogP contribution in [0.4, 0.5) is 10.6 Å². The van der Waals surface area contributed by atoms with Gasteiger partial charge in [0, 0.05) is 29.5 Å². The molecule has 2 aromatic rings. The van der Waals surface area contributed by atoms with Gasteiger partial charge in [0.05, 0.1) is 29.1 Å². The number of carbonyl (C=O) groups is 1. The average molecular weight is 501 g/mol. The van der Waals surface area contributed by atoms with Gasteiger partial charge in [-0.15, -0.1) is 0 Å². The number of nitrogens with zero attached hydrogens (tertiary/aromatic N) is 5. The number of halogens is 3. The number of carbonyl (C=O) groups excluding carboxylic acids is 1. The molecule has 1 fully saturated rings. The van der Waals surface area contributed by atoms with Gasteiger partial charge >= 0.3 is 6.09 Å². The van der Waals surface area contributed by atoms with Crippen LogP contribution in [0.5, 0.6) is 0 Å². The molecule has 0 bridgehead atoms. The Morgan fingerprint density at radius 2 is 2.07 bits per heavy atom. The number of piperazine rings is 1. The van der Waals surface area contributed by atoms with E-state index in [2.05, 4.69) is 32.0 Å². The van der Waals surface area contributed by atoms with Crippen molar-refractivity contribution in [3.63, 3.8) is 0 Å². The molecule has 1 aromatic heterocycles. The maximum absolute atomic E-state index is 12.6. The first-order valence-electron chi connectivity index (χ1n) is 9.03. The van der Waals surface area contributed by atoms with Gasteiger partial charge < -0.3 is 14.5 Å². The predicted octanol–water partition coefficient (Wildman–Crippen LogP) is 5.04. The zero-order valence-electron chi connectivity index (χ0n) is 16.2. The van der Waals surface area contributed by atoms with Crippen molar-refractivity contribution in [1.82, 2.24) is 14.9 Å². The van der Waals surface area contributed by atoms with E-state index in [0.29, 0.717) is 40.5 Å². The summed E-state index contributed by atoms with van der Waals surface area (Å²) in [6, 6.07) is 5.40. The lowest BCUT2D eigenvalue weighted by atomic mass is 10.1. The number of benzene rings is 1. The Bertz CT molecular complexity index is 989. The first-order valence-corrected chi connectivity index (χ1v) is 10.6. The van der Waals surface area contributed by atoms with Crippen molar-refractivity contribution in [3.8, 4) is 6.07 Å². The molecule has 1 amide bonds. The van der Waals surface area contributed by atoms with Crippen molar-refractivity contribution in [2.24, 2.45) is 0 Å². The van der Waals surface area contributed by atoms with Crippen molar-refractivity contribution in [2.75, 3.05) is 24.5 Å². The fourth-order valence-corrected chi connectivity index (χ4v) is 3.88. The van der Waals surface area contributed by atoms with Crippen LogP contribution in [0.15, 0.2) is 16.6 Å². The minimum absolute atomic E-state index is 0.119. The molecule has 0 unspecified atom stereocenters. The summed E-state index contributed by atoms with van der Waals surface area (Å²) in [6.45, 7) is 6.78. The smallest absolute Gasteiger partial charge is 0.410 e. The van der Waals surface area contributed by atoms with E-state index in [0.717, 1.165) is 5.39 Å². The van der Waals surface area contributed by atoms with Crippen molar-refractivity contribution < 1.29 is 9.53 Å². The van der Waals surface area contributed by atoms with E-state index in [9.17, 15) is 10.1 Å². The number of anilines is 1. The second-order valence-corrected chi connectivity index (χ2v) is 9.34. The van der Waals surface area contributed by atoms with Crippen LogP contribution in [0.25, 0.3) is 10.9 Å². The topological polar surface area (TPSA) is 82.3 Å². The second-order valence-electron chi connectivity index (χ2n) is 7.74. The molecule has 0 saturated carbocycles. The summed E-state index contributed by atoms with van der Waals surface area (Å²) < 4.78 is 6.22. The average Bonchev–Trinajstić information content (AvgIpc) is 2.61. The first-order chi connectivity index (χ1) is 13.6. The highest BCUT2D eigenvalue weighted by Crippen LogP contribution is 2.34. The molecule has 3 rings (SSSR count). The van der Waals surface area contributed by atoms with E-state index >= 15 is 0 Å². The van der Waals surface area contributed by atoms with Crippen LogP contribution in [0, 0.1) is 11.3 Å². The van der Waals surface area contributed by atoms with Gasteiger partial charge in [-0.05, 0) is 60.4 Å². The van der Waals surface area contributed by atoms with Gasteiger partial charge in [-0.1, -0.05) is 11.6 Å². The van der Waals surface area contributed by atoms with E-state index in [1.807, 2.05) is 25.7 Å². The zero-order valence-corrected chi connectivity index (χ0v) is 19.3. The van der Waals surface area contributed by atoms with E-state index in [1.54, 1.807) is 17.0 Å². The Morgan fingerprint density at radius 1 is 1.34 bits per heavy atom. The van der Waals surface area contributed by atoms with Gasteiger partial charge in [-0.25, -0.2) is 9.78 Å². The monoisotopic (exact) mass is 499 g/mol. The molecule has 7 nitrogen and oxygen atoms in total. The van der Waals surface area contributed by atoms with E-state index in [1.165, 1.54) is 0 Å². The highest BCUT2D eigenvalue weighted by molar-refractivity contribution is 9.10. The molecule has 2 heterocycles. The van der Waals surface area contributed by atoms with Crippen LogP contribution in [0.3, 0.4) is 0 Å². The number of amides is 1. The molecule has 10 heteroatoms. The lowest BCUT2D eigenvalue weighted by Crippen LogP contribution is -2.56. The molecule has 1 aliphatic rings. The minimum Gasteiger partial charge on any atom is -0.444 e. The third-order valence-electron chi connectivity index (χ3n) is 4.43. The first kappa shape index (κ1) is 21.9. The van der Waals surface area contributed by atoms with Gasteiger partial charge in [0.25, 0.3) is 0 Å². The number of hydrogen-bond donors (Lipinski definition) is 0. The highest BCUT2D eigenvalue weighted by Gasteiger charge is 2.34. The number of fused-ring (bicyclic) bond motifs is 1. The number of hydrogen-bond acceptors (Lipinski definition) is 6. The van der Waals surface area contributed by atoms with Crippen molar-refractivity contribution in [1.29, 1.82) is 5.26 Å². The van der Waals surface area contributed by atoms with Crippen molar-refractivity contribution in [2.45, 2.75) is 38.8 Å². The molecule has 29 heavy (non-hydrogen) atoms. The molecular weight excluding hydrogens is 481 g/mol. The third-order valence-corrected chi connectivity index (χ3v) is 5.79. The number of rotatable bonds is 2. The Hall–Kier alpha value is -1.82. The summed E-state index contributed by atoms with van der Waals surface area (Å²) in [4.78, 5) is 24.9. The fraction of sp³-hybridized carbons (Fsp3) is 0.474. The summed E-state index contributed by atoms with van der Waals surface area (Å²) in [5.41, 5.74) is 0.0500. The summed E-state index contributed by atoms with van der Waals surface area (Å²) >= 11 is 15.8. The van der Waals surface area contributed by atoms with Crippen LogP contribution in [0.2, 0.25) is 10.3 Å². The number of ether oxygens (including phenoxy) is 1. The maximum atomic E-state index is 12.6. The third kappa shape index (κ3) is 5.03. The quantitative estimate of drug-likeness (QED) is 0.537. The molecular formula is C19H20BrCl2N5O2. The number of aromatic nitrogens is 2. The Morgan fingerprint density at radius 3 is 2.72 bits per heavy atom. The Labute approximate surface area is 187 Å². The normalized spacial score (nSPS) is 17.3. The van der Waals surface area contributed by atoms with Crippen LogP contribution >= 0.6 is 39.1 Å². The van der Waals surface area contributed by atoms with Gasteiger partial charge in [-0.2, -0.15) is 10.2 Å². The number of nitriles is 1. The minimum atomic E-state index is -0.605. The molecule has 1 atom stereocenters. The van der Waals surface area contributed by atoms with E-state index in [-0.39, 0.29) is 17.7 Å². The maximum Gasteiger partial charge on any atom is 0.410 e. The second kappa shape index (κ2) is 8.50. The molecule has 1 aromatic carbocycles. The highest BCUT2D eigenvalue weighted by atomic mass is 79.9. The lowest BCUT2D eigenvalue weighted by Gasteiger charge is -2.41. The van der Waals surface area contributed by atoms with E-state index in [4.69, 9.17) is 27.9 Å². The lowest BCUT2D eigenvalue weighted by molar-refractivity contribution is 0.0145. The molecule has 154 valence electrons. The van der Waals surface area contributed by atoms with Gasteiger partial charge in [-0.3, -0.25) is 0 Å². The van der Waals surface area contributed by atoms with Crippen molar-refractivity contribution in [3.05, 3.63) is 26.9 Å². The molecule has 1 aliphatic heterocycles. The summed E-state index contributed by atoms with van der Waals surface area (Å²) in [5.74, 6) is 0.626. The van der Waals surface area contributed by atoms with Gasteiger partial charge in [0.15, 0.2) is 0 Å². The molecule has 1 saturated heterocycles. The van der Waals surface area contributed by atoms with Crippen LogP contribution < -0.4 is 4.90 Å². The standard InChI is InChI=1S/C19H20BrCl2N5O2/c1-19(2,3)29-18(28)27-7-6-26(10-11(27)4-5-23)16-12-8-14(21)13(20)9-15(12)24-17(22)25-16/h8-9,11H,4,6-7,10H2,1-3H3/t11-/m0/s1. The SMILES string of the molecule is CC(C)(C)OC(=O)N1CCN(c2nc(Cl)nc3cc(Br)c(Cl)cc23)C[C@@H]1CC#N. The largest absolute Gasteiger partial charge is 0.444 e. The predicted molar refractivity (Wildman–Crippen MR) is 116 cm³/mol. The van der Waals surface area contributed by atoms with E-state index < -0.39 is 11.7 Å². The molecule has 0 radical (unpaired) electrons.